The van der Waals surface area contributed by atoms with Gasteiger partial charge in [-0.25, -0.2) is 15.0 Å². The Morgan fingerprint density at radius 2 is 1.76 bits per heavy atom. The predicted molar refractivity (Wildman–Crippen MR) is 94.8 cm³/mol. The SMILES string of the molecule is Nc1c(Nc2ccc3c(c2)OCO3)ncnc1Nc1ccc(Cl)cn1. The van der Waals surface area contributed by atoms with Crippen molar-refractivity contribution in [3.8, 4) is 11.5 Å². The van der Waals surface area contributed by atoms with Crippen molar-refractivity contribution in [2.24, 2.45) is 0 Å². The molecule has 0 aliphatic carbocycles. The molecule has 0 saturated heterocycles. The number of halogens is 1. The second kappa shape index (κ2) is 6.33. The van der Waals surface area contributed by atoms with E-state index in [0.717, 1.165) is 5.69 Å². The summed E-state index contributed by atoms with van der Waals surface area (Å²) in [7, 11) is 0. The van der Waals surface area contributed by atoms with Crippen LogP contribution in [0.15, 0.2) is 42.9 Å². The normalized spacial score (nSPS) is 12.0. The lowest BCUT2D eigenvalue weighted by Crippen LogP contribution is -2.05. The van der Waals surface area contributed by atoms with Gasteiger partial charge in [-0.3, -0.25) is 0 Å². The summed E-state index contributed by atoms with van der Waals surface area (Å²) >= 11 is 5.83. The fourth-order valence-electron chi connectivity index (χ4n) is 2.28. The Morgan fingerprint density at radius 3 is 2.56 bits per heavy atom. The van der Waals surface area contributed by atoms with Crippen LogP contribution in [0, 0.1) is 0 Å². The van der Waals surface area contributed by atoms with Gasteiger partial charge in [0.2, 0.25) is 6.79 Å². The molecular formula is C16H13ClN6O2. The van der Waals surface area contributed by atoms with Crippen LogP contribution < -0.4 is 25.8 Å². The van der Waals surface area contributed by atoms with Crippen molar-refractivity contribution in [3.63, 3.8) is 0 Å². The Hall–Kier alpha value is -3.26. The molecule has 0 atom stereocenters. The molecule has 0 saturated carbocycles. The molecule has 0 amide bonds. The molecule has 3 aromatic rings. The van der Waals surface area contributed by atoms with E-state index in [-0.39, 0.29) is 6.79 Å². The lowest BCUT2D eigenvalue weighted by atomic mass is 10.2. The maximum absolute atomic E-state index is 6.16. The maximum Gasteiger partial charge on any atom is 0.231 e. The minimum atomic E-state index is 0.219. The molecule has 9 heteroatoms. The third kappa shape index (κ3) is 3.20. The fourth-order valence-corrected chi connectivity index (χ4v) is 2.39. The van der Waals surface area contributed by atoms with E-state index in [1.165, 1.54) is 12.5 Å². The standard InChI is InChI=1S/C16H13ClN6O2/c17-9-1-4-13(19-6-9)23-16-14(18)15(20-7-21-16)22-10-2-3-11-12(5-10)25-8-24-11/h1-7H,8,18H2,(H2,19,20,21,22,23). The van der Waals surface area contributed by atoms with Gasteiger partial charge in [0.05, 0.1) is 5.02 Å². The van der Waals surface area contributed by atoms with Crippen molar-refractivity contribution in [1.29, 1.82) is 0 Å². The predicted octanol–water partition coefficient (Wildman–Crippen LogP) is 3.32. The molecule has 3 heterocycles. The maximum atomic E-state index is 6.16. The van der Waals surface area contributed by atoms with Gasteiger partial charge in [-0.2, -0.15) is 0 Å². The molecule has 0 unspecified atom stereocenters. The van der Waals surface area contributed by atoms with Crippen LogP contribution in [0.25, 0.3) is 0 Å². The first-order chi connectivity index (χ1) is 12.2. The number of fused-ring (bicyclic) bond motifs is 1. The summed E-state index contributed by atoms with van der Waals surface area (Å²) in [6.07, 6.45) is 2.94. The second-order valence-corrected chi connectivity index (χ2v) is 5.60. The van der Waals surface area contributed by atoms with Crippen molar-refractivity contribution >= 4 is 40.4 Å². The Morgan fingerprint density at radius 1 is 0.960 bits per heavy atom. The number of nitrogens with two attached hydrogens (primary N) is 1. The van der Waals surface area contributed by atoms with Crippen LogP contribution in [-0.4, -0.2) is 21.7 Å². The molecule has 1 aromatic carbocycles. The highest BCUT2D eigenvalue weighted by Crippen LogP contribution is 2.36. The first kappa shape index (κ1) is 15.3. The highest BCUT2D eigenvalue weighted by Gasteiger charge is 2.15. The van der Waals surface area contributed by atoms with E-state index in [1.54, 1.807) is 12.1 Å². The van der Waals surface area contributed by atoms with Gasteiger partial charge in [-0.05, 0) is 24.3 Å². The number of nitrogen functional groups attached to an aromatic ring is 1. The molecule has 0 spiro atoms. The van der Waals surface area contributed by atoms with Gasteiger partial charge in [0.15, 0.2) is 23.1 Å². The highest BCUT2D eigenvalue weighted by molar-refractivity contribution is 6.30. The molecule has 0 radical (unpaired) electrons. The van der Waals surface area contributed by atoms with Gasteiger partial charge >= 0.3 is 0 Å². The largest absolute Gasteiger partial charge is 0.454 e. The number of ether oxygens (including phenoxy) is 2. The van der Waals surface area contributed by atoms with Crippen molar-refractivity contribution in [3.05, 3.63) is 47.9 Å². The lowest BCUT2D eigenvalue weighted by Gasteiger charge is -2.12. The van der Waals surface area contributed by atoms with Crippen molar-refractivity contribution in [2.75, 3.05) is 23.2 Å². The molecule has 0 fully saturated rings. The van der Waals surface area contributed by atoms with E-state index in [4.69, 9.17) is 26.8 Å². The summed E-state index contributed by atoms with van der Waals surface area (Å²) in [6, 6.07) is 8.94. The number of hydrogen-bond acceptors (Lipinski definition) is 8. The molecular weight excluding hydrogens is 344 g/mol. The van der Waals surface area contributed by atoms with E-state index in [1.807, 2.05) is 18.2 Å². The zero-order chi connectivity index (χ0) is 17.2. The number of nitrogens with zero attached hydrogens (tertiary/aromatic N) is 3. The fraction of sp³-hybridized carbons (Fsp3) is 0.0625. The lowest BCUT2D eigenvalue weighted by molar-refractivity contribution is 0.174. The molecule has 1 aliphatic heterocycles. The summed E-state index contributed by atoms with van der Waals surface area (Å²) in [5.41, 5.74) is 7.29. The molecule has 25 heavy (non-hydrogen) atoms. The van der Waals surface area contributed by atoms with E-state index in [9.17, 15) is 0 Å². The Balaban J connectivity index is 1.57. The van der Waals surface area contributed by atoms with Crippen LogP contribution in [0.4, 0.5) is 28.8 Å². The summed E-state index contributed by atoms with van der Waals surface area (Å²) in [4.78, 5) is 12.5. The summed E-state index contributed by atoms with van der Waals surface area (Å²) in [5, 5.41) is 6.73. The van der Waals surface area contributed by atoms with Crippen LogP contribution in [0.1, 0.15) is 0 Å². The summed E-state index contributed by atoms with van der Waals surface area (Å²) < 4.78 is 10.7. The Kier molecular flexibility index (Phi) is 3.87. The van der Waals surface area contributed by atoms with Crippen molar-refractivity contribution in [2.45, 2.75) is 0 Å². The topological polar surface area (TPSA) is 107 Å². The highest BCUT2D eigenvalue weighted by atomic mass is 35.5. The zero-order valence-corrected chi connectivity index (χ0v) is 13.6. The molecule has 0 bridgehead atoms. The van der Waals surface area contributed by atoms with Gasteiger partial charge in [0.1, 0.15) is 17.8 Å². The average molecular weight is 357 g/mol. The van der Waals surface area contributed by atoms with E-state index >= 15 is 0 Å². The number of pyridine rings is 1. The number of anilines is 5. The second-order valence-electron chi connectivity index (χ2n) is 5.16. The number of aromatic nitrogens is 3. The van der Waals surface area contributed by atoms with E-state index in [2.05, 4.69) is 25.6 Å². The van der Waals surface area contributed by atoms with E-state index < -0.39 is 0 Å². The Bertz CT molecular complexity index is 919. The van der Waals surface area contributed by atoms with Gasteiger partial charge in [-0.1, -0.05) is 11.6 Å². The molecule has 2 aromatic heterocycles. The number of nitrogens with one attached hydrogen (secondary N) is 2. The van der Waals surface area contributed by atoms with Gasteiger partial charge in [0.25, 0.3) is 0 Å². The van der Waals surface area contributed by atoms with Crippen molar-refractivity contribution < 1.29 is 9.47 Å². The molecule has 8 nitrogen and oxygen atoms in total. The van der Waals surface area contributed by atoms with Crippen LogP contribution in [0.2, 0.25) is 5.02 Å². The van der Waals surface area contributed by atoms with Gasteiger partial charge < -0.3 is 25.8 Å². The summed E-state index contributed by atoms with van der Waals surface area (Å²) in [6.45, 7) is 0.219. The van der Waals surface area contributed by atoms with Gasteiger partial charge in [-0.15, -0.1) is 0 Å². The van der Waals surface area contributed by atoms with Crippen LogP contribution in [-0.2, 0) is 0 Å². The molecule has 1 aliphatic rings. The third-order valence-corrected chi connectivity index (χ3v) is 3.72. The van der Waals surface area contributed by atoms with Crippen LogP contribution in [0.3, 0.4) is 0 Å². The number of benzene rings is 1. The minimum absolute atomic E-state index is 0.219. The first-order valence-corrected chi connectivity index (χ1v) is 7.72. The third-order valence-electron chi connectivity index (χ3n) is 3.49. The zero-order valence-electron chi connectivity index (χ0n) is 12.9. The quantitative estimate of drug-likeness (QED) is 0.653. The summed E-state index contributed by atoms with van der Waals surface area (Å²) in [5.74, 6) is 2.85. The van der Waals surface area contributed by atoms with Crippen LogP contribution in [0.5, 0.6) is 11.5 Å². The van der Waals surface area contributed by atoms with E-state index in [0.29, 0.717) is 39.7 Å². The van der Waals surface area contributed by atoms with Crippen molar-refractivity contribution in [1.82, 2.24) is 15.0 Å². The molecule has 4 N–H and O–H groups in total. The number of hydrogen-bond donors (Lipinski definition) is 3. The smallest absolute Gasteiger partial charge is 0.231 e. The minimum Gasteiger partial charge on any atom is -0.454 e. The average Bonchev–Trinajstić information content (AvgIpc) is 3.08. The monoisotopic (exact) mass is 356 g/mol. The van der Waals surface area contributed by atoms with Crippen LogP contribution >= 0.6 is 11.6 Å². The Labute approximate surface area is 148 Å². The molecule has 4 rings (SSSR count). The first-order valence-electron chi connectivity index (χ1n) is 7.35. The molecule has 126 valence electrons. The van der Waals surface area contributed by atoms with Gasteiger partial charge in [0, 0.05) is 18.0 Å². The number of rotatable bonds is 4.